The van der Waals surface area contributed by atoms with Crippen molar-refractivity contribution in [3.8, 4) is 0 Å². The summed E-state index contributed by atoms with van der Waals surface area (Å²) in [5, 5.41) is 85.7. The molecule has 1 saturated carbocycles. The van der Waals surface area contributed by atoms with Gasteiger partial charge in [-0.1, -0.05) is 0 Å². The van der Waals surface area contributed by atoms with Gasteiger partial charge in [-0.05, 0) is 313 Å². The number of hydrogen-bond acceptors (Lipinski definition) is 3. The minimum Gasteiger partial charge on any atom is -0.292 e. The molecule has 5 aliphatic carbocycles. The topological polar surface area (TPSA) is 42.9 Å². The van der Waals surface area contributed by atoms with Crippen molar-refractivity contribution >= 4 is 297 Å². The quantitative estimate of drug-likeness (QED) is 0.129. The number of aromatic nitrogens is 2. The fourth-order valence-electron chi connectivity index (χ4n) is 25.4. The Balaban J connectivity index is 1.18. The Morgan fingerprint density at radius 1 is 0.261 bits per heavy atom. The fourth-order valence-corrected chi connectivity index (χ4v) is 25.4. The minimum absolute atomic E-state index is 0.207. The summed E-state index contributed by atoms with van der Waals surface area (Å²) in [6, 6.07) is 0. The first-order valence-corrected chi connectivity index (χ1v) is 25.4. The van der Waals surface area contributed by atoms with Gasteiger partial charge in [-0.15, -0.1) is 0 Å². The highest BCUT2D eigenvalue weighted by molar-refractivity contribution is 6.82. The molecule has 34 rings (SSSR count). The maximum atomic E-state index is 16.6. The molecule has 284 valence electrons. The Morgan fingerprint density at radius 2 is 0.435 bits per heavy atom. The van der Waals surface area contributed by atoms with Gasteiger partial charge in [0.25, 0.3) is 0 Å². The Kier molecular flexibility index (Phi) is 1.97. The summed E-state index contributed by atoms with van der Waals surface area (Å²) in [5.41, 5.74) is 5.72. The van der Waals surface area contributed by atoms with Gasteiger partial charge < -0.3 is 0 Å². The monoisotopic (exact) mass is 840 g/mol. The van der Waals surface area contributed by atoms with E-state index in [9.17, 15) is 0 Å². The lowest BCUT2D eigenvalue weighted by Crippen LogP contribution is -2.27. The van der Waals surface area contributed by atoms with Gasteiger partial charge in [-0.2, -0.15) is 0 Å². The Morgan fingerprint density at radius 3 is 0.594 bits per heavy atom. The predicted molar refractivity (Wildman–Crippen MR) is 284 cm³/mol. The third kappa shape index (κ3) is 1.27. The number of ketones is 1. The molecule has 69 heavy (non-hydrogen) atoms. The lowest BCUT2D eigenvalue weighted by atomic mass is 9.68. The molecular formula is C66H4N2O. The highest BCUT2D eigenvalue weighted by Gasteiger charge is 2.88. The van der Waals surface area contributed by atoms with Crippen molar-refractivity contribution in [1.82, 2.24) is 9.97 Å². The average Bonchev–Trinajstić information content (AvgIpc) is 4.29. The van der Waals surface area contributed by atoms with Gasteiger partial charge >= 0.3 is 0 Å². The van der Waals surface area contributed by atoms with Crippen LogP contribution >= 0.6 is 0 Å². The van der Waals surface area contributed by atoms with Crippen LogP contribution in [-0.2, 0) is 10.8 Å². The molecule has 3 nitrogen and oxygen atoms in total. The van der Waals surface area contributed by atoms with Gasteiger partial charge in [0.2, 0.25) is 0 Å². The van der Waals surface area contributed by atoms with Crippen molar-refractivity contribution in [2.45, 2.75) is 10.8 Å². The summed E-state index contributed by atoms with van der Waals surface area (Å²) >= 11 is 0. The maximum absolute atomic E-state index is 16.6. The third-order valence-corrected chi connectivity index (χ3v) is 25.3. The van der Waals surface area contributed by atoms with E-state index < -0.39 is 10.8 Å². The van der Waals surface area contributed by atoms with Crippen LogP contribution in [0.2, 0.25) is 0 Å². The van der Waals surface area contributed by atoms with E-state index in [2.05, 4.69) is 4.98 Å². The van der Waals surface area contributed by atoms with Crippen molar-refractivity contribution in [2.24, 2.45) is 5.92 Å². The van der Waals surface area contributed by atoms with Crippen molar-refractivity contribution < 1.29 is 4.79 Å². The smallest absolute Gasteiger partial charge is 0.188 e. The molecule has 0 bridgehead atoms. The van der Waals surface area contributed by atoms with E-state index in [0.717, 1.165) is 0 Å². The van der Waals surface area contributed by atoms with Crippen molar-refractivity contribution in [3.63, 3.8) is 0 Å². The minimum atomic E-state index is -0.521. The normalized spacial score (nSPS) is 23.4. The Bertz CT molecular complexity index is 6830. The number of rotatable bonds is 2. The molecule has 0 amide bonds. The fraction of sp³-hybridized carbons (Fsp3) is 0.0455. The first kappa shape index (κ1) is 24.8. The molecule has 29 aromatic rings. The van der Waals surface area contributed by atoms with Crippen LogP contribution in [0.5, 0.6) is 0 Å². The standard InChI is InChI=1S/C66H4N2O/c69-63(4-3-67-1-2-68-4)64-65-59-51-43-33-23-15-7-5-6-9-13-11(7)19-27-21(13)31-25-17(9)18-10(6)14-12-8(5)16(15)24-30-20(12)28-22(14)32-26(18)36-35(25)45-39(31)49-41(27)47(37(43)29(19)23)55(59)57(49)61-53(45)54-46(36)40(32)50-42(28)48-38(30)44(34(24)33)52(51)60(65)56(48)58(50)62(54)66(61,64)65/h1-3,64H. The number of benzene rings is 18. The first-order valence-electron chi connectivity index (χ1n) is 25.4. The van der Waals surface area contributed by atoms with Crippen LogP contribution in [0.4, 0.5) is 0 Å². The van der Waals surface area contributed by atoms with Gasteiger partial charge in [0, 0.05) is 23.2 Å². The molecule has 0 atom stereocenters. The number of hydrogen-bond donors (Lipinski definition) is 0. The van der Waals surface area contributed by atoms with E-state index in [0.29, 0.717) is 5.69 Å². The Labute approximate surface area is 372 Å². The molecule has 0 aliphatic heterocycles. The Hall–Kier alpha value is -8.79. The lowest BCUT2D eigenvalue weighted by molar-refractivity contribution is 0.0950. The molecular weight excluding hydrogens is 837 g/mol. The predicted octanol–water partition coefficient (Wildman–Crippen LogP) is 16.6. The molecule has 1 aromatic heterocycles. The van der Waals surface area contributed by atoms with Crippen LogP contribution in [-0.4, -0.2) is 15.8 Å². The molecule has 1 fully saturated rings. The summed E-state index contributed by atoms with van der Waals surface area (Å²) in [5.74, 6) is -0.0895. The van der Waals surface area contributed by atoms with Gasteiger partial charge in [0.15, 0.2) is 5.78 Å². The number of Topliss-reactive ketones (excluding diaryl/α,β-unsaturated/α-hetero) is 1. The van der Waals surface area contributed by atoms with Crippen LogP contribution in [0.3, 0.4) is 0 Å². The largest absolute Gasteiger partial charge is 0.292 e. The number of nitrogens with zero attached hydrogens (tertiary/aromatic N) is 2. The van der Waals surface area contributed by atoms with Crippen LogP contribution in [0, 0.1) is 5.92 Å². The highest BCUT2D eigenvalue weighted by Crippen LogP contribution is 2.92. The van der Waals surface area contributed by atoms with Gasteiger partial charge in [-0.25, -0.2) is 4.98 Å². The van der Waals surface area contributed by atoms with E-state index in [-0.39, 0.29) is 11.7 Å². The second-order valence-corrected chi connectivity index (χ2v) is 25.3. The lowest BCUT2D eigenvalue weighted by Gasteiger charge is -2.32. The van der Waals surface area contributed by atoms with E-state index in [4.69, 9.17) is 4.98 Å². The van der Waals surface area contributed by atoms with E-state index in [1.54, 1.807) is 332 Å². The first-order chi connectivity index (χ1) is 34.4. The molecule has 0 radical (unpaired) electrons. The summed E-state index contributed by atoms with van der Waals surface area (Å²) in [6.07, 6.45) is 5.31. The van der Waals surface area contributed by atoms with Gasteiger partial charge in [0.05, 0.1) is 12.1 Å². The van der Waals surface area contributed by atoms with Crippen molar-refractivity contribution in [1.29, 1.82) is 0 Å². The van der Waals surface area contributed by atoms with Gasteiger partial charge in [0.1, 0.15) is 5.69 Å². The zero-order chi connectivity index (χ0) is 40.8. The zero-order valence-corrected chi connectivity index (χ0v) is 34.6. The molecule has 3 heteroatoms. The summed E-state index contributed by atoms with van der Waals surface area (Å²) < 4.78 is 0. The molecule has 28 aromatic carbocycles. The van der Waals surface area contributed by atoms with E-state index >= 15 is 4.79 Å². The molecule has 2 spiro atoms. The van der Waals surface area contributed by atoms with Crippen LogP contribution in [0.25, 0.3) is 291 Å². The SMILES string of the molecule is O=C(c1cnccn1)C1C23c4c5c6c7c8c9c(c%10c%11c2c2c4c4c%12c5c5c6c6c8c8c%13c9c9c%10c%10c%11c%11c2c2c4c4c%12c%12c5c5c6c8c6c8c%13c9c9c%10c%10c%11c2c2c4c4c%12c5c6c5c8c9c%10c2c45)C713. The van der Waals surface area contributed by atoms with Crippen molar-refractivity contribution in [3.05, 3.63) is 46.5 Å². The van der Waals surface area contributed by atoms with Crippen LogP contribution < -0.4 is 0 Å². The maximum Gasteiger partial charge on any atom is 0.188 e. The third-order valence-electron chi connectivity index (χ3n) is 25.3. The van der Waals surface area contributed by atoms with Crippen LogP contribution in [0.1, 0.15) is 32.7 Å². The average molecular weight is 841 g/mol. The molecule has 1 heterocycles. The molecule has 5 aliphatic rings. The summed E-state index contributed by atoms with van der Waals surface area (Å²) in [7, 11) is 0. The van der Waals surface area contributed by atoms with E-state index in [1.807, 2.05) is 0 Å². The summed E-state index contributed by atoms with van der Waals surface area (Å²) in [4.78, 5) is 26.2. The summed E-state index contributed by atoms with van der Waals surface area (Å²) in [6.45, 7) is 0. The number of carbonyl (C=O) groups is 1. The zero-order valence-electron chi connectivity index (χ0n) is 34.6. The van der Waals surface area contributed by atoms with E-state index in [1.165, 1.54) is 0 Å². The van der Waals surface area contributed by atoms with Crippen LogP contribution in [0.15, 0.2) is 18.6 Å². The van der Waals surface area contributed by atoms with Gasteiger partial charge in [-0.3, -0.25) is 9.78 Å². The molecule has 0 N–H and O–H groups in total. The number of carbonyl (C=O) groups excluding carboxylic acids is 1. The molecule has 0 saturated heterocycles. The molecule has 0 unspecified atom stereocenters. The highest BCUT2D eigenvalue weighted by atomic mass is 16.1. The second kappa shape index (κ2) is 5.49. The second-order valence-electron chi connectivity index (χ2n) is 25.3. The van der Waals surface area contributed by atoms with Crippen molar-refractivity contribution in [2.75, 3.05) is 0 Å².